The van der Waals surface area contributed by atoms with Crippen molar-refractivity contribution in [3.63, 3.8) is 0 Å². The van der Waals surface area contributed by atoms with Gasteiger partial charge in [-0.05, 0) is 0 Å². The summed E-state index contributed by atoms with van der Waals surface area (Å²) in [5, 5.41) is 0. The summed E-state index contributed by atoms with van der Waals surface area (Å²) in [6.07, 6.45) is 2.52. The molecule has 0 aromatic heterocycles. The number of hydrogen-bond acceptors (Lipinski definition) is 1. The Morgan fingerprint density at radius 2 is 1.93 bits per heavy atom. The van der Waals surface area contributed by atoms with Crippen LogP contribution in [-0.2, 0) is 0 Å². The van der Waals surface area contributed by atoms with E-state index in [-0.39, 0.29) is 0 Å². The van der Waals surface area contributed by atoms with Gasteiger partial charge in [0.2, 0.25) is 0 Å². The molecule has 0 aliphatic heterocycles. The van der Waals surface area contributed by atoms with Crippen LogP contribution in [0.2, 0.25) is 0 Å². The van der Waals surface area contributed by atoms with E-state index in [2.05, 4.69) is 67.9 Å². The minimum absolute atomic E-state index is 0.665. The van der Waals surface area contributed by atoms with Crippen LogP contribution in [-0.4, -0.2) is 31.8 Å². The molecule has 1 nitrogen and oxygen atoms in total. The van der Waals surface area contributed by atoms with Crippen molar-refractivity contribution in [2.45, 2.75) is 24.4 Å². The predicted octanol–water partition coefficient (Wildman–Crippen LogP) is 2.76. The average molecular weight is 183 g/mol. The zero-order chi connectivity index (χ0) is 10.6. The Labute approximate surface area is 96.7 Å². The second kappa shape index (κ2) is 5.49. The second-order valence-electron chi connectivity index (χ2n) is 4.14. The summed E-state index contributed by atoms with van der Waals surface area (Å²) in [7, 11) is 4.22. The molecule has 72 valence electrons. The van der Waals surface area contributed by atoms with Gasteiger partial charge in [-0.3, -0.25) is 0 Å². The van der Waals surface area contributed by atoms with Gasteiger partial charge >= 0.3 is 96.6 Å². The monoisotopic (exact) mass is 183 g/mol. The molecule has 0 bridgehead atoms. The first-order valence-electron chi connectivity index (χ1n) is 5.43. The maximum absolute atomic E-state index is 2.31. The summed E-state index contributed by atoms with van der Waals surface area (Å²) in [6, 6.07) is 8.68. The zero-order valence-corrected chi connectivity index (χ0v) is 9.75. The van der Waals surface area contributed by atoms with Gasteiger partial charge < -0.3 is 0 Å². The zero-order valence-electron chi connectivity index (χ0n) is 9.75. The van der Waals surface area contributed by atoms with Crippen molar-refractivity contribution in [2.24, 2.45) is 0 Å². The van der Waals surface area contributed by atoms with E-state index < -0.39 is 0 Å². The van der Waals surface area contributed by atoms with Crippen LogP contribution in [0.5, 0.6) is 0 Å². The summed E-state index contributed by atoms with van der Waals surface area (Å²) in [6.45, 7) is 2.24. The first kappa shape index (κ1) is 11.7. The maximum atomic E-state index is 2.31. The van der Waals surface area contributed by atoms with Crippen molar-refractivity contribution in [1.82, 2.24) is 0 Å². The Kier molecular flexibility index (Phi) is 4.58. The van der Waals surface area contributed by atoms with Crippen LogP contribution in [0.4, 0.5) is 5.69 Å². The summed E-state index contributed by atoms with van der Waals surface area (Å²) < 4.78 is 0.665. The molecule has 0 aliphatic rings. The van der Waals surface area contributed by atoms with Gasteiger partial charge in [-0.2, -0.15) is 0 Å². The molecule has 1 aromatic carbocycles. The van der Waals surface area contributed by atoms with Crippen molar-refractivity contribution in [2.75, 3.05) is 19.0 Å². The van der Waals surface area contributed by atoms with E-state index in [0.29, 0.717) is 4.59 Å². The number of hydrogen-bond donors (Lipinski definition) is 0. The summed E-state index contributed by atoms with van der Waals surface area (Å²) in [5.74, 6) is 0. The van der Waals surface area contributed by atoms with E-state index in [1.165, 1.54) is 24.1 Å². The molecular weight excluding hydrogens is 165 g/mol. The van der Waals surface area contributed by atoms with Gasteiger partial charge in [-0.25, -0.2) is 0 Å². The fraction of sp³-hybridized carbons (Fsp3) is 0.500. The molecule has 14 heavy (non-hydrogen) atoms. The van der Waals surface area contributed by atoms with Crippen molar-refractivity contribution in [1.29, 1.82) is 0 Å². The first-order chi connectivity index (χ1) is 6.66. The van der Waals surface area contributed by atoms with Crippen molar-refractivity contribution in [3.8, 4) is 0 Å². The number of nitrogens with zero attached hydrogens (tertiary/aromatic N) is 1. The van der Waals surface area contributed by atoms with E-state index in [4.69, 9.17) is 0 Å². The standard InChI is InChI=1S/C12H18N.Li/c1-4-5-8-11-9-6-7-10-12(11)13(2)3;/h6-10H,4-5H2,1-3H3;. The Morgan fingerprint density at radius 3 is 2.50 bits per heavy atom. The topological polar surface area (TPSA) is 3.24 Å². The molecule has 1 rings (SSSR count). The molecule has 0 fully saturated rings. The molecule has 0 aliphatic carbocycles. The number of benzene rings is 1. The van der Waals surface area contributed by atoms with Crippen LogP contribution in [0.3, 0.4) is 0 Å². The van der Waals surface area contributed by atoms with Gasteiger partial charge in [0.1, 0.15) is 0 Å². The number of anilines is 1. The third-order valence-corrected chi connectivity index (χ3v) is 2.67. The quantitative estimate of drug-likeness (QED) is 0.649. The predicted molar refractivity (Wildman–Crippen MR) is 64.2 cm³/mol. The summed E-state index contributed by atoms with van der Waals surface area (Å²) in [5.41, 5.74) is 2.83. The SMILES string of the molecule is [Li][CH](CCC)c1ccccc1N(C)C. The van der Waals surface area contributed by atoms with Gasteiger partial charge in [0.05, 0.1) is 0 Å². The third-order valence-electron chi connectivity index (χ3n) is 2.67. The van der Waals surface area contributed by atoms with Crippen LogP contribution in [0.1, 0.15) is 29.9 Å². The van der Waals surface area contributed by atoms with Gasteiger partial charge in [0, 0.05) is 0 Å². The summed E-state index contributed by atoms with van der Waals surface area (Å²) in [4.78, 5) is 2.20. The van der Waals surface area contributed by atoms with Gasteiger partial charge in [-0.1, -0.05) is 0 Å². The van der Waals surface area contributed by atoms with Gasteiger partial charge in [-0.15, -0.1) is 0 Å². The van der Waals surface area contributed by atoms with Gasteiger partial charge in [0.25, 0.3) is 0 Å². The normalized spacial score (nSPS) is 12.6. The molecule has 0 radical (unpaired) electrons. The Bertz CT molecular complexity index is 283. The fourth-order valence-corrected chi connectivity index (χ4v) is 1.90. The molecule has 0 saturated heterocycles. The van der Waals surface area contributed by atoms with E-state index >= 15 is 0 Å². The van der Waals surface area contributed by atoms with Crippen molar-refractivity contribution >= 4 is 23.4 Å². The Morgan fingerprint density at radius 1 is 1.29 bits per heavy atom. The average Bonchev–Trinajstić information content (AvgIpc) is 2.18. The molecule has 0 saturated carbocycles. The van der Waals surface area contributed by atoms with Crippen LogP contribution in [0.25, 0.3) is 0 Å². The Hall–Kier alpha value is -0.383. The molecule has 1 aromatic rings. The number of para-hydroxylation sites is 1. The van der Waals surface area contributed by atoms with Crippen molar-refractivity contribution in [3.05, 3.63) is 29.8 Å². The minimum atomic E-state index is 0.665. The molecule has 0 heterocycles. The third kappa shape index (κ3) is 2.80. The van der Waals surface area contributed by atoms with E-state index in [1.807, 2.05) is 0 Å². The van der Waals surface area contributed by atoms with E-state index in [1.54, 1.807) is 0 Å². The van der Waals surface area contributed by atoms with Gasteiger partial charge in [0.15, 0.2) is 0 Å². The first-order valence-corrected chi connectivity index (χ1v) is 5.43. The van der Waals surface area contributed by atoms with E-state index in [0.717, 1.165) is 0 Å². The molecule has 0 amide bonds. The summed E-state index contributed by atoms with van der Waals surface area (Å²) >= 11 is 2.31. The molecule has 1 unspecified atom stereocenters. The number of rotatable bonds is 4. The van der Waals surface area contributed by atoms with Crippen LogP contribution < -0.4 is 4.90 Å². The molecule has 1 atom stereocenters. The Balaban J connectivity index is 2.94. The van der Waals surface area contributed by atoms with Crippen LogP contribution >= 0.6 is 0 Å². The van der Waals surface area contributed by atoms with Crippen molar-refractivity contribution < 1.29 is 0 Å². The molecule has 0 N–H and O–H groups in total. The van der Waals surface area contributed by atoms with E-state index in [9.17, 15) is 0 Å². The molecule has 2 heteroatoms. The fourth-order valence-electron chi connectivity index (χ4n) is 1.90. The van der Waals surface area contributed by atoms with Crippen LogP contribution in [0.15, 0.2) is 24.3 Å². The second-order valence-corrected chi connectivity index (χ2v) is 4.14. The van der Waals surface area contributed by atoms with Crippen LogP contribution in [0, 0.1) is 0 Å². The molecular formula is C12H18LiN. The molecule has 0 spiro atoms.